The van der Waals surface area contributed by atoms with Crippen LogP contribution in [0.3, 0.4) is 0 Å². The zero-order valence-corrected chi connectivity index (χ0v) is 8.81. The Bertz CT molecular complexity index is 403. The van der Waals surface area contributed by atoms with Gasteiger partial charge in [0.25, 0.3) is 0 Å². The number of hydrogen-bond acceptors (Lipinski definition) is 4. The summed E-state index contributed by atoms with van der Waals surface area (Å²) < 4.78 is 13.6. The van der Waals surface area contributed by atoms with Gasteiger partial charge in [-0.05, 0) is 13.1 Å². The highest BCUT2D eigenvalue weighted by Crippen LogP contribution is 2.22. The van der Waals surface area contributed by atoms with E-state index in [1.54, 1.807) is 13.1 Å². The number of nitrogens with one attached hydrogen (secondary N) is 1. The van der Waals surface area contributed by atoms with Crippen LogP contribution in [0.2, 0.25) is 0 Å². The van der Waals surface area contributed by atoms with Crippen molar-refractivity contribution in [2.45, 2.75) is 12.2 Å². The SMILES string of the molecule is CNCC(O)C(O)c1cccc(C#N)c1F. The fourth-order valence-electron chi connectivity index (χ4n) is 1.39. The molecule has 0 aliphatic carbocycles. The van der Waals surface area contributed by atoms with Crippen LogP contribution >= 0.6 is 0 Å². The second kappa shape index (κ2) is 5.56. The van der Waals surface area contributed by atoms with Gasteiger partial charge >= 0.3 is 0 Å². The van der Waals surface area contributed by atoms with E-state index in [0.29, 0.717) is 0 Å². The van der Waals surface area contributed by atoms with E-state index in [4.69, 9.17) is 5.26 Å². The van der Waals surface area contributed by atoms with Gasteiger partial charge in [-0.1, -0.05) is 12.1 Å². The number of hydrogen-bond donors (Lipinski definition) is 3. The summed E-state index contributed by atoms with van der Waals surface area (Å²) in [6.07, 6.45) is -2.46. The van der Waals surface area contributed by atoms with Crippen molar-refractivity contribution < 1.29 is 14.6 Å². The zero-order chi connectivity index (χ0) is 12.1. The molecule has 2 unspecified atom stereocenters. The lowest BCUT2D eigenvalue weighted by atomic mass is 10.0. The van der Waals surface area contributed by atoms with Crippen LogP contribution in [0.25, 0.3) is 0 Å². The number of likely N-dealkylation sites (N-methyl/N-ethyl adjacent to an activating group) is 1. The van der Waals surface area contributed by atoms with Crippen LogP contribution in [0.15, 0.2) is 18.2 Å². The normalized spacial score (nSPS) is 14.2. The first kappa shape index (κ1) is 12.6. The molecule has 16 heavy (non-hydrogen) atoms. The van der Waals surface area contributed by atoms with Crippen molar-refractivity contribution in [1.29, 1.82) is 5.26 Å². The van der Waals surface area contributed by atoms with Crippen molar-refractivity contribution in [1.82, 2.24) is 5.32 Å². The summed E-state index contributed by atoms with van der Waals surface area (Å²) in [6, 6.07) is 5.81. The summed E-state index contributed by atoms with van der Waals surface area (Å²) in [5.74, 6) is -0.785. The van der Waals surface area contributed by atoms with Crippen LogP contribution < -0.4 is 5.32 Å². The Hall–Kier alpha value is -1.48. The monoisotopic (exact) mass is 224 g/mol. The van der Waals surface area contributed by atoms with Gasteiger partial charge in [-0.15, -0.1) is 0 Å². The van der Waals surface area contributed by atoms with Crippen molar-refractivity contribution in [3.63, 3.8) is 0 Å². The molecule has 0 amide bonds. The van der Waals surface area contributed by atoms with Crippen LogP contribution in [0.4, 0.5) is 4.39 Å². The van der Waals surface area contributed by atoms with Gasteiger partial charge in [0.15, 0.2) is 0 Å². The minimum atomic E-state index is -1.35. The molecule has 1 aromatic rings. The molecule has 0 bridgehead atoms. The second-order valence-electron chi connectivity index (χ2n) is 3.39. The number of nitrogens with zero attached hydrogens (tertiary/aromatic N) is 1. The van der Waals surface area contributed by atoms with E-state index in [9.17, 15) is 14.6 Å². The molecule has 0 radical (unpaired) electrons. The molecule has 0 aliphatic heterocycles. The Labute approximate surface area is 93.0 Å². The predicted molar refractivity (Wildman–Crippen MR) is 56.0 cm³/mol. The number of halogens is 1. The number of rotatable bonds is 4. The Morgan fingerprint density at radius 2 is 2.19 bits per heavy atom. The quantitative estimate of drug-likeness (QED) is 0.688. The van der Waals surface area contributed by atoms with Gasteiger partial charge < -0.3 is 15.5 Å². The first-order valence-corrected chi connectivity index (χ1v) is 4.81. The van der Waals surface area contributed by atoms with Crippen LogP contribution in [0, 0.1) is 17.1 Å². The molecule has 0 spiro atoms. The van der Waals surface area contributed by atoms with Crippen molar-refractivity contribution in [3.05, 3.63) is 35.1 Å². The van der Waals surface area contributed by atoms with Crippen molar-refractivity contribution in [3.8, 4) is 6.07 Å². The molecule has 0 heterocycles. The smallest absolute Gasteiger partial charge is 0.146 e. The lowest BCUT2D eigenvalue weighted by Gasteiger charge is -2.18. The third-order valence-electron chi connectivity index (χ3n) is 2.25. The van der Waals surface area contributed by atoms with Gasteiger partial charge in [-0.3, -0.25) is 0 Å². The summed E-state index contributed by atoms with van der Waals surface area (Å²) in [5.41, 5.74) is -0.213. The molecule has 0 saturated heterocycles. The predicted octanol–water partition coefficient (Wildman–Crippen LogP) is 0.311. The fraction of sp³-hybridized carbons (Fsp3) is 0.364. The Balaban J connectivity index is 3.00. The summed E-state index contributed by atoms with van der Waals surface area (Å²) in [4.78, 5) is 0. The number of aliphatic hydroxyl groups is 2. The van der Waals surface area contributed by atoms with E-state index < -0.39 is 18.0 Å². The summed E-state index contributed by atoms with van der Waals surface area (Å²) >= 11 is 0. The molecule has 5 heteroatoms. The number of nitriles is 1. The first-order valence-electron chi connectivity index (χ1n) is 4.81. The standard InChI is InChI=1S/C11H13FN2O2/c1-14-6-9(15)11(16)8-4-2-3-7(5-13)10(8)12/h2-4,9,11,14-16H,6H2,1H3. The third kappa shape index (κ3) is 2.55. The number of aliphatic hydroxyl groups excluding tert-OH is 2. The van der Waals surface area contributed by atoms with Gasteiger partial charge in [0.2, 0.25) is 0 Å². The lowest BCUT2D eigenvalue weighted by molar-refractivity contribution is 0.0181. The van der Waals surface area contributed by atoms with E-state index in [-0.39, 0.29) is 17.7 Å². The zero-order valence-electron chi connectivity index (χ0n) is 8.81. The van der Waals surface area contributed by atoms with Gasteiger partial charge in [0.05, 0.1) is 11.7 Å². The van der Waals surface area contributed by atoms with E-state index in [0.717, 1.165) is 0 Å². The van der Waals surface area contributed by atoms with E-state index >= 15 is 0 Å². The second-order valence-corrected chi connectivity index (χ2v) is 3.39. The average Bonchev–Trinajstić information content (AvgIpc) is 2.29. The Morgan fingerprint density at radius 1 is 1.50 bits per heavy atom. The van der Waals surface area contributed by atoms with E-state index in [1.807, 2.05) is 0 Å². The summed E-state index contributed by atoms with van der Waals surface area (Å²) in [5, 5.41) is 30.5. The molecule has 0 fully saturated rings. The molecule has 86 valence electrons. The van der Waals surface area contributed by atoms with Crippen molar-refractivity contribution in [2.24, 2.45) is 0 Å². The van der Waals surface area contributed by atoms with Gasteiger partial charge in [-0.2, -0.15) is 5.26 Å². The third-order valence-corrected chi connectivity index (χ3v) is 2.25. The topological polar surface area (TPSA) is 76.3 Å². The largest absolute Gasteiger partial charge is 0.389 e. The molecule has 0 aromatic heterocycles. The Morgan fingerprint density at radius 3 is 2.75 bits per heavy atom. The highest BCUT2D eigenvalue weighted by Gasteiger charge is 2.22. The molecular weight excluding hydrogens is 211 g/mol. The van der Waals surface area contributed by atoms with Crippen molar-refractivity contribution >= 4 is 0 Å². The molecule has 1 rings (SSSR count). The Kier molecular flexibility index (Phi) is 4.38. The highest BCUT2D eigenvalue weighted by atomic mass is 19.1. The molecule has 2 atom stereocenters. The number of benzene rings is 1. The molecule has 4 nitrogen and oxygen atoms in total. The first-order chi connectivity index (χ1) is 7.61. The molecule has 0 aliphatic rings. The van der Waals surface area contributed by atoms with Crippen LogP contribution in [0.1, 0.15) is 17.2 Å². The summed E-state index contributed by atoms with van der Waals surface area (Å²) in [7, 11) is 1.61. The molecule has 3 N–H and O–H groups in total. The average molecular weight is 224 g/mol. The van der Waals surface area contributed by atoms with E-state index in [2.05, 4.69) is 5.32 Å². The highest BCUT2D eigenvalue weighted by molar-refractivity contribution is 5.36. The van der Waals surface area contributed by atoms with Crippen LogP contribution in [0.5, 0.6) is 0 Å². The van der Waals surface area contributed by atoms with Gasteiger partial charge in [0, 0.05) is 12.1 Å². The maximum absolute atomic E-state index is 13.6. The minimum Gasteiger partial charge on any atom is -0.389 e. The lowest BCUT2D eigenvalue weighted by Crippen LogP contribution is -2.30. The fourth-order valence-corrected chi connectivity index (χ4v) is 1.39. The summed E-state index contributed by atoms with van der Waals surface area (Å²) in [6.45, 7) is 0.136. The van der Waals surface area contributed by atoms with E-state index in [1.165, 1.54) is 18.2 Å². The van der Waals surface area contributed by atoms with Crippen molar-refractivity contribution in [2.75, 3.05) is 13.6 Å². The molecular formula is C11H13FN2O2. The van der Waals surface area contributed by atoms with Crippen LogP contribution in [-0.4, -0.2) is 29.9 Å². The molecule has 0 saturated carbocycles. The molecule has 1 aromatic carbocycles. The van der Waals surface area contributed by atoms with Crippen LogP contribution in [-0.2, 0) is 0 Å². The maximum Gasteiger partial charge on any atom is 0.146 e. The maximum atomic E-state index is 13.6. The van der Waals surface area contributed by atoms with Gasteiger partial charge in [-0.25, -0.2) is 4.39 Å². The minimum absolute atomic E-state index is 0.0678. The van der Waals surface area contributed by atoms with Gasteiger partial charge in [0.1, 0.15) is 18.0 Å².